The highest BCUT2D eigenvalue weighted by Gasteiger charge is 2.10. The number of nitrogens with one attached hydrogen (secondary N) is 1. The maximum absolute atomic E-state index is 5.97. The second kappa shape index (κ2) is 5.83. The van der Waals surface area contributed by atoms with E-state index in [1.165, 1.54) is 0 Å². The Morgan fingerprint density at radius 1 is 1.29 bits per heavy atom. The number of fused-ring (bicyclic) bond motifs is 1. The Labute approximate surface area is 127 Å². The van der Waals surface area contributed by atoms with Gasteiger partial charge in [-0.2, -0.15) is 4.98 Å². The monoisotopic (exact) mass is 305 g/mol. The summed E-state index contributed by atoms with van der Waals surface area (Å²) < 4.78 is 5.10. The van der Waals surface area contributed by atoms with Crippen molar-refractivity contribution < 1.29 is 4.52 Å². The largest absolute Gasteiger partial charge is 0.341 e. The molecular formula is C14H16ClN5O. The van der Waals surface area contributed by atoms with Crippen LogP contribution in [0.3, 0.4) is 0 Å². The highest BCUT2D eigenvalue weighted by Crippen LogP contribution is 2.17. The van der Waals surface area contributed by atoms with Crippen molar-refractivity contribution in [2.24, 2.45) is 0 Å². The van der Waals surface area contributed by atoms with Crippen molar-refractivity contribution in [3.05, 3.63) is 40.8 Å². The lowest BCUT2D eigenvalue weighted by Gasteiger charge is -2.11. The summed E-state index contributed by atoms with van der Waals surface area (Å²) in [5, 5.41) is 4.65. The van der Waals surface area contributed by atoms with E-state index >= 15 is 0 Å². The second-order valence-corrected chi connectivity index (χ2v) is 5.41. The minimum atomic E-state index is 0.612. The van der Waals surface area contributed by atoms with Crippen LogP contribution in [-0.4, -0.2) is 32.1 Å². The molecule has 7 heteroatoms. The normalized spacial score (nSPS) is 11.6. The van der Waals surface area contributed by atoms with Gasteiger partial charge in [-0.15, -0.1) is 0 Å². The van der Waals surface area contributed by atoms with Crippen molar-refractivity contribution in [1.29, 1.82) is 0 Å². The molecule has 0 bridgehead atoms. The fourth-order valence-corrected chi connectivity index (χ4v) is 2.33. The first-order chi connectivity index (χ1) is 10.1. The highest BCUT2D eigenvalue weighted by molar-refractivity contribution is 6.31. The number of aryl methyl sites for hydroxylation is 1. The Hall–Kier alpha value is -1.92. The number of aromatic nitrogens is 4. The average Bonchev–Trinajstić information content (AvgIpc) is 3.04. The first kappa shape index (κ1) is 14.0. The topological polar surface area (TPSA) is 70.8 Å². The molecule has 0 amide bonds. The molecule has 0 aliphatic carbocycles. The molecule has 0 spiro atoms. The molecule has 3 rings (SSSR count). The Morgan fingerprint density at radius 3 is 2.90 bits per heavy atom. The van der Waals surface area contributed by atoms with Gasteiger partial charge < -0.3 is 9.51 Å². The zero-order chi connectivity index (χ0) is 14.8. The lowest BCUT2D eigenvalue weighted by molar-refractivity contribution is 0.294. The number of rotatable bonds is 5. The van der Waals surface area contributed by atoms with Crippen molar-refractivity contribution in [1.82, 2.24) is 25.0 Å². The standard InChI is InChI=1S/C14H16ClN5O/c1-3-14-18-13(19-21-14)8-20(2)7-12-16-10-5-4-9(15)6-11(10)17-12/h4-6H,3,7-8H2,1-2H3,(H,16,17). The molecule has 1 aromatic carbocycles. The molecule has 0 saturated carbocycles. The van der Waals surface area contributed by atoms with E-state index in [2.05, 4.69) is 25.0 Å². The van der Waals surface area contributed by atoms with Gasteiger partial charge in [0.15, 0.2) is 5.82 Å². The van der Waals surface area contributed by atoms with Crippen molar-refractivity contribution in [3.63, 3.8) is 0 Å². The van der Waals surface area contributed by atoms with E-state index < -0.39 is 0 Å². The van der Waals surface area contributed by atoms with Gasteiger partial charge in [-0.05, 0) is 25.2 Å². The summed E-state index contributed by atoms with van der Waals surface area (Å²) >= 11 is 5.97. The molecule has 0 aliphatic rings. The molecular weight excluding hydrogens is 290 g/mol. The van der Waals surface area contributed by atoms with E-state index in [4.69, 9.17) is 16.1 Å². The molecule has 0 atom stereocenters. The lowest BCUT2D eigenvalue weighted by Crippen LogP contribution is -2.18. The fourth-order valence-electron chi connectivity index (χ4n) is 2.16. The molecule has 3 aromatic rings. The summed E-state index contributed by atoms with van der Waals surface area (Å²) in [7, 11) is 1.99. The van der Waals surface area contributed by atoms with Gasteiger partial charge >= 0.3 is 0 Å². The molecule has 2 aromatic heterocycles. The Morgan fingerprint density at radius 2 is 2.14 bits per heavy atom. The zero-order valence-electron chi connectivity index (χ0n) is 11.9. The number of hydrogen-bond donors (Lipinski definition) is 1. The van der Waals surface area contributed by atoms with Gasteiger partial charge in [-0.25, -0.2) is 4.98 Å². The third-order valence-electron chi connectivity index (χ3n) is 3.14. The van der Waals surface area contributed by atoms with Crippen LogP contribution in [0, 0.1) is 0 Å². The number of imidazole rings is 1. The van der Waals surface area contributed by atoms with Gasteiger partial charge in [-0.3, -0.25) is 4.90 Å². The number of H-pyrrole nitrogens is 1. The van der Waals surface area contributed by atoms with Crippen molar-refractivity contribution in [3.8, 4) is 0 Å². The quantitative estimate of drug-likeness (QED) is 0.785. The minimum absolute atomic E-state index is 0.612. The van der Waals surface area contributed by atoms with Crippen LogP contribution >= 0.6 is 11.6 Å². The van der Waals surface area contributed by atoms with Gasteiger partial charge in [-0.1, -0.05) is 23.7 Å². The molecule has 1 N–H and O–H groups in total. The van der Waals surface area contributed by atoms with Crippen LogP contribution in [0.1, 0.15) is 24.5 Å². The lowest BCUT2D eigenvalue weighted by atomic mass is 10.3. The van der Waals surface area contributed by atoms with Gasteiger partial charge in [0.05, 0.1) is 24.1 Å². The molecule has 0 aliphatic heterocycles. The number of hydrogen-bond acceptors (Lipinski definition) is 5. The van der Waals surface area contributed by atoms with Crippen LogP contribution in [0.15, 0.2) is 22.7 Å². The first-order valence-electron chi connectivity index (χ1n) is 6.78. The summed E-state index contributed by atoms with van der Waals surface area (Å²) in [4.78, 5) is 14.2. The molecule has 110 valence electrons. The van der Waals surface area contributed by atoms with E-state index in [-0.39, 0.29) is 0 Å². The molecule has 21 heavy (non-hydrogen) atoms. The molecule has 0 radical (unpaired) electrons. The van der Waals surface area contributed by atoms with Crippen LogP contribution in [0.4, 0.5) is 0 Å². The third kappa shape index (κ3) is 3.22. The SMILES string of the molecule is CCc1nc(CN(C)Cc2nc3ccc(Cl)cc3[nH]2)no1. The fraction of sp³-hybridized carbons (Fsp3) is 0.357. The van der Waals surface area contributed by atoms with Gasteiger partial charge in [0.25, 0.3) is 0 Å². The van der Waals surface area contributed by atoms with E-state index in [1.54, 1.807) is 0 Å². The Bertz CT molecular complexity index is 751. The van der Waals surface area contributed by atoms with Gasteiger partial charge in [0, 0.05) is 11.4 Å². The second-order valence-electron chi connectivity index (χ2n) is 4.98. The number of halogens is 1. The van der Waals surface area contributed by atoms with E-state index in [0.717, 1.165) is 23.3 Å². The van der Waals surface area contributed by atoms with Crippen LogP contribution in [-0.2, 0) is 19.5 Å². The molecule has 0 unspecified atom stereocenters. The maximum atomic E-state index is 5.97. The smallest absolute Gasteiger partial charge is 0.226 e. The van der Waals surface area contributed by atoms with Gasteiger partial charge in [0.1, 0.15) is 5.82 Å². The zero-order valence-corrected chi connectivity index (χ0v) is 12.7. The van der Waals surface area contributed by atoms with Crippen LogP contribution in [0.25, 0.3) is 11.0 Å². The van der Waals surface area contributed by atoms with Crippen molar-refractivity contribution >= 4 is 22.6 Å². The van der Waals surface area contributed by atoms with Crippen LogP contribution in [0.2, 0.25) is 5.02 Å². The Kier molecular flexibility index (Phi) is 3.90. The van der Waals surface area contributed by atoms with E-state index in [9.17, 15) is 0 Å². The maximum Gasteiger partial charge on any atom is 0.226 e. The van der Waals surface area contributed by atoms with Crippen LogP contribution in [0.5, 0.6) is 0 Å². The third-order valence-corrected chi connectivity index (χ3v) is 3.37. The van der Waals surface area contributed by atoms with Crippen molar-refractivity contribution in [2.45, 2.75) is 26.4 Å². The van der Waals surface area contributed by atoms with Crippen molar-refractivity contribution in [2.75, 3.05) is 7.05 Å². The molecule has 0 saturated heterocycles. The molecule has 0 fully saturated rings. The molecule has 2 heterocycles. The van der Waals surface area contributed by atoms with Crippen LogP contribution < -0.4 is 0 Å². The highest BCUT2D eigenvalue weighted by atomic mass is 35.5. The average molecular weight is 306 g/mol. The first-order valence-corrected chi connectivity index (χ1v) is 7.16. The van der Waals surface area contributed by atoms with Gasteiger partial charge in [0.2, 0.25) is 5.89 Å². The molecule has 6 nitrogen and oxygen atoms in total. The summed E-state index contributed by atoms with van der Waals surface area (Å²) in [5.74, 6) is 2.24. The number of nitrogens with zero attached hydrogens (tertiary/aromatic N) is 4. The minimum Gasteiger partial charge on any atom is -0.341 e. The van der Waals surface area contributed by atoms with E-state index in [1.807, 2.05) is 32.2 Å². The number of benzene rings is 1. The Balaban J connectivity index is 1.69. The predicted molar refractivity (Wildman–Crippen MR) is 80.0 cm³/mol. The number of aromatic amines is 1. The predicted octanol–water partition coefficient (Wildman–Crippen LogP) is 2.79. The summed E-state index contributed by atoms with van der Waals surface area (Å²) in [6, 6.07) is 5.62. The summed E-state index contributed by atoms with van der Waals surface area (Å²) in [6.45, 7) is 3.27. The summed E-state index contributed by atoms with van der Waals surface area (Å²) in [5.41, 5.74) is 1.86. The summed E-state index contributed by atoms with van der Waals surface area (Å²) in [6.07, 6.45) is 0.751. The van der Waals surface area contributed by atoms with E-state index in [0.29, 0.717) is 29.8 Å².